The largest absolute Gasteiger partial charge is 0.493 e. The second-order valence-electron chi connectivity index (χ2n) is 5.65. The zero-order valence-corrected chi connectivity index (χ0v) is 16.7. The number of benzene rings is 2. The van der Waals surface area contributed by atoms with Crippen LogP contribution in [0.2, 0.25) is 5.02 Å². The number of nitrogens with zero attached hydrogens (tertiary/aromatic N) is 1. The molecule has 1 heterocycles. The standard InChI is InChI=1S/C20H15ClN2O5S/c1-27-17-9-12(4-7-16(17)28-20(26)18-3-2-8-29-18)11-22-23-13-5-6-15(21)14(10-13)19(24)25/h2-11,23H,1H3,(H,24,25). The third kappa shape index (κ3) is 5.13. The molecule has 0 aliphatic rings. The Labute approximate surface area is 175 Å². The lowest BCUT2D eigenvalue weighted by atomic mass is 10.2. The van der Waals surface area contributed by atoms with Crippen molar-refractivity contribution in [2.75, 3.05) is 12.5 Å². The monoisotopic (exact) mass is 430 g/mol. The van der Waals surface area contributed by atoms with Gasteiger partial charge >= 0.3 is 11.9 Å². The first-order chi connectivity index (χ1) is 14.0. The molecule has 0 saturated heterocycles. The second-order valence-corrected chi connectivity index (χ2v) is 7.00. The van der Waals surface area contributed by atoms with Crippen LogP contribution in [0.1, 0.15) is 25.6 Å². The molecule has 0 aliphatic carbocycles. The van der Waals surface area contributed by atoms with Crippen LogP contribution in [0.15, 0.2) is 59.0 Å². The number of ether oxygens (including phenoxy) is 2. The molecule has 0 atom stereocenters. The lowest BCUT2D eigenvalue weighted by Gasteiger charge is -2.09. The summed E-state index contributed by atoms with van der Waals surface area (Å²) in [5, 5.41) is 15.1. The molecule has 0 amide bonds. The van der Waals surface area contributed by atoms with Gasteiger partial charge in [-0.2, -0.15) is 5.10 Å². The highest BCUT2D eigenvalue weighted by Crippen LogP contribution is 2.29. The Morgan fingerprint density at radius 1 is 1.17 bits per heavy atom. The molecule has 3 rings (SSSR count). The summed E-state index contributed by atoms with van der Waals surface area (Å²) in [6, 6.07) is 12.9. The number of carbonyl (C=O) groups excluding carboxylic acids is 1. The van der Waals surface area contributed by atoms with E-state index in [4.69, 9.17) is 26.2 Å². The normalized spacial score (nSPS) is 10.7. The van der Waals surface area contributed by atoms with Crippen LogP contribution in [0.5, 0.6) is 11.5 Å². The van der Waals surface area contributed by atoms with Crippen molar-refractivity contribution in [3.8, 4) is 11.5 Å². The molecule has 1 aromatic heterocycles. The second kappa shape index (κ2) is 9.22. The van der Waals surface area contributed by atoms with Crippen molar-refractivity contribution in [3.05, 3.63) is 74.9 Å². The summed E-state index contributed by atoms with van der Waals surface area (Å²) in [5.41, 5.74) is 3.87. The molecule has 0 fully saturated rings. The summed E-state index contributed by atoms with van der Waals surface area (Å²) in [5.74, 6) is -0.920. The first kappa shape index (κ1) is 20.4. The lowest BCUT2D eigenvalue weighted by molar-refractivity contribution is 0.0694. The minimum absolute atomic E-state index is 0.0227. The van der Waals surface area contributed by atoms with Crippen LogP contribution in [0.3, 0.4) is 0 Å². The number of carboxylic acids is 1. The van der Waals surface area contributed by atoms with Crippen LogP contribution in [0, 0.1) is 0 Å². The summed E-state index contributed by atoms with van der Waals surface area (Å²) < 4.78 is 10.7. The SMILES string of the molecule is COc1cc(C=NNc2ccc(Cl)c(C(=O)O)c2)ccc1OC(=O)c1cccs1. The fourth-order valence-corrected chi connectivity index (χ4v) is 3.13. The number of carboxylic acid groups (broad SMARTS) is 1. The van der Waals surface area contributed by atoms with E-state index in [0.29, 0.717) is 27.6 Å². The van der Waals surface area contributed by atoms with Crippen molar-refractivity contribution in [2.24, 2.45) is 5.10 Å². The van der Waals surface area contributed by atoms with Gasteiger partial charge in [0.1, 0.15) is 4.88 Å². The van der Waals surface area contributed by atoms with E-state index in [2.05, 4.69) is 10.5 Å². The van der Waals surface area contributed by atoms with Gasteiger partial charge in [0.05, 0.1) is 29.6 Å². The molecule has 9 heteroatoms. The van der Waals surface area contributed by atoms with Gasteiger partial charge in [-0.05, 0) is 53.4 Å². The summed E-state index contributed by atoms with van der Waals surface area (Å²) in [4.78, 5) is 23.7. The molecule has 2 N–H and O–H groups in total. The average molecular weight is 431 g/mol. The summed E-state index contributed by atoms with van der Waals surface area (Å²) in [6.45, 7) is 0. The highest BCUT2D eigenvalue weighted by molar-refractivity contribution is 7.12. The van der Waals surface area contributed by atoms with Crippen LogP contribution in [0.4, 0.5) is 5.69 Å². The quantitative estimate of drug-likeness (QED) is 0.242. The van der Waals surface area contributed by atoms with Crippen LogP contribution in [0.25, 0.3) is 0 Å². The fraction of sp³-hybridized carbons (Fsp3) is 0.0500. The molecule has 148 valence electrons. The summed E-state index contributed by atoms with van der Waals surface area (Å²) in [7, 11) is 1.47. The van der Waals surface area contributed by atoms with Crippen molar-refractivity contribution >= 4 is 46.8 Å². The smallest absolute Gasteiger partial charge is 0.353 e. The number of nitrogens with one attached hydrogen (secondary N) is 1. The van der Waals surface area contributed by atoms with E-state index in [-0.39, 0.29) is 10.6 Å². The van der Waals surface area contributed by atoms with E-state index in [1.807, 2.05) is 0 Å². The van der Waals surface area contributed by atoms with E-state index >= 15 is 0 Å². The Kier molecular flexibility index (Phi) is 6.48. The molecule has 0 unspecified atom stereocenters. The van der Waals surface area contributed by atoms with Crippen molar-refractivity contribution in [2.45, 2.75) is 0 Å². The third-order valence-corrected chi connectivity index (χ3v) is 4.90. The Bertz CT molecular complexity index is 1070. The van der Waals surface area contributed by atoms with Gasteiger partial charge in [0.25, 0.3) is 0 Å². The molecule has 0 saturated carbocycles. The molecule has 0 radical (unpaired) electrons. The molecule has 0 spiro atoms. The van der Waals surface area contributed by atoms with E-state index in [9.17, 15) is 9.59 Å². The number of carbonyl (C=O) groups is 2. The van der Waals surface area contributed by atoms with Crippen molar-refractivity contribution in [1.29, 1.82) is 0 Å². The number of aromatic carboxylic acids is 1. The van der Waals surface area contributed by atoms with Gasteiger partial charge in [0.15, 0.2) is 11.5 Å². The molecular weight excluding hydrogens is 416 g/mol. The highest BCUT2D eigenvalue weighted by Gasteiger charge is 2.13. The van der Waals surface area contributed by atoms with Crippen LogP contribution < -0.4 is 14.9 Å². The molecule has 7 nitrogen and oxygen atoms in total. The van der Waals surface area contributed by atoms with E-state index in [0.717, 1.165) is 0 Å². The van der Waals surface area contributed by atoms with E-state index in [1.54, 1.807) is 41.8 Å². The first-order valence-electron chi connectivity index (χ1n) is 8.23. The number of methoxy groups -OCH3 is 1. The van der Waals surface area contributed by atoms with Crippen LogP contribution >= 0.6 is 22.9 Å². The van der Waals surface area contributed by atoms with Gasteiger partial charge in [0.2, 0.25) is 0 Å². The number of hydrogen-bond acceptors (Lipinski definition) is 7. The van der Waals surface area contributed by atoms with Gasteiger partial charge in [-0.3, -0.25) is 5.43 Å². The average Bonchev–Trinajstić information content (AvgIpc) is 3.25. The molecule has 0 aliphatic heterocycles. The maximum absolute atomic E-state index is 12.1. The van der Waals surface area contributed by atoms with Crippen molar-refractivity contribution in [3.63, 3.8) is 0 Å². The number of rotatable bonds is 7. The molecule has 29 heavy (non-hydrogen) atoms. The fourth-order valence-electron chi connectivity index (χ4n) is 2.33. The first-order valence-corrected chi connectivity index (χ1v) is 9.49. The van der Waals surface area contributed by atoms with Crippen molar-refractivity contribution in [1.82, 2.24) is 0 Å². The maximum Gasteiger partial charge on any atom is 0.353 e. The Morgan fingerprint density at radius 3 is 2.69 bits per heavy atom. The Balaban J connectivity index is 1.71. The number of anilines is 1. The number of esters is 1. The molecular formula is C20H15ClN2O5S. The lowest BCUT2D eigenvalue weighted by Crippen LogP contribution is -2.07. The number of hydrogen-bond donors (Lipinski definition) is 2. The summed E-state index contributed by atoms with van der Waals surface area (Å²) in [6.07, 6.45) is 1.52. The number of hydrazone groups is 1. The highest BCUT2D eigenvalue weighted by atomic mass is 35.5. The Hall–Kier alpha value is -3.36. The van der Waals surface area contributed by atoms with Gasteiger partial charge in [0, 0.05) is 0 Å². The molecule has 0 bridgehead atoms. The predicted molar refractivity (Wildman–Crippen MR) is 112 cm³/mol. The molecule has 3 aromatic rings. The van der Waals surface area contributed by atoms with Gasteiger partial charge in [-0.1, -0.05) is 17.7 Å². The minimum atomic E-state index is -1.12. The predicted octanol–water partition coefficient (Wildman–Crippen LogP) is 4.77. The molecule has 2 aromatic carbocycles. The zero-order valence-electron chi connectivity index (χ0n) is 15.1. The van der Waals surface area contributed by atoms with Gasteiger partial charge < -0.3 is 14.6 Å². The van der Waals surface area contributed by atoms with Crippen LogP contribution in [-0.4, -0.2) is 30.4 Å². The maximum atomic E-state index is 12.1. The topological polar surface area (TPSA) is 97.2 Å². The summed E-state index contributed by atoms with van der Waals surface area (Å²) >= 11 is 7.13. The van der Waals surface area contributed by atoms with E-state index in [1.165, 1.54) is 36.8 Å². The van der Waals surface area contributed by atoms with E-state index < -0.39 is 11.9 Å². The third-order valence-electron chi connectivity index (χ3n) is 3.72. The number of thiophene rings is 1. The zero-order chi connectivity index (χ0) is 20.8. The Morgan fingerprint density at radius 2 is 2.00 bits per heavy atom. The van der Waals surface area contributed by atoms with Crippen LogP contribution in [-0.2, 0) is 0 Å². The minimum Gasteiger partial charge on any atom is -0.493 e. The number of halogens is 1. The van der Waals surface area contributed by atoms with Crippen molar-refractivity contribution < 1.29 is 24.2 Å². The van der Waals surface area contributed by atoms with Gasteiger partial charge in [-0.15, -0.1) is 11.3 Å². The van der Waals surface area contributed by atoms with Gasteiger partial charge in [-0.25, -0.2) is 9.59 Å².